The zero-order valence-corrected chi connectivity index (χ0v) is 6.60. The Kier molecular flexibility index (Phi) is 1.46. The highest BCUT2D eigenvalue weighted by Crippen LogP contribution is 2.36. The molecule has 0 aromatic carbocycles. The van der Waals surface area contributed by atoms with E-state index in [-0.39, 0.29) is 0 Å². The SMILES string of the molecule is CN1CCC2(CCO2)CC1. The van der Waals surface area contributed by atoms with E-state index in [0.29, 0.717) is 5.60 Å². The highest BCUT2D eigenvalue weighted by molar-refractivity contribution is 4.91. The third-order valence-electron chi connectivity index (χ3n) is 2.86. The van der Waals surface area contributed by atoms with Gasteiger partial charge >= 0.3 is 0 Å². The Balaban J connectivity index is 1.90. The Hall–Kier alpha value is -0.0800. The number of rotatable bonds is 0. The fraction of sp³-hybridized carbons (Fsp3) is 1.00. The van der Waals surface area contributed by atoms with Gasteiger partial charge in [-0.2, -0.15) is 0 Å². The molecular formula is C8H15NO. The maximum Gasteiger partial charge on any atom is 0.0728 e. The van der Waals surface area contributed by atoms with Gasteiger partial charge in [-0.25, -0.2) is 0 Å². The summed E-state index contributed by atoms with van der Waals surface area (Å²) >= 11 is 0. The average molecular weight is 141 g/mol. The molecule has 0 radical (unpaired) electrons. The minimum atomic E-state index is 0.340. The number of piperidine rings is 1. The highest BCUT2D eigenvalue weighted by atomic mass is 16.5. The van der Waals surface area contributed by atoms with E-state index in [9.17, 15) is 0 Å². The highest BCUT2D eigenvalue weighted by Gasteiger charge is 2.40. The Morgan fingerprint density at radius 2 is 1.80 bits per heavy atom. The second-order valence-electron chi connectivity index (χ2n) is 3.58. The number of nitrogens with zero attached hydrogens (tertiary/aromatic N) is 1. The van der Waals surface area contributed by atoms with Gasteiger partial charge in [0.25, 0.3) is 0 Å². The molecule has 2 heteroatoms. The quantitative estimate of drug-likeness (QED) is 0.496. The van der Waals surface area contributed by atoms with Gasteiger partial charge in [-0.3, -0.25) is 0 Å². The molecule has 2 nitrogen and oxygen atoms in total. The number of likely N-dealkylation sites (tertiary alicyclic amines) is 1. The molecular weight excluding hydrogens is 126 g/mol. The van der Waals surface area contributed by atoms with Crippen molar-refractivity contribution in [3.8, 4) is 0 Å². The van der Waals surface area contributed by atoms with Crippen molar-refractivity contribution in [3.63, 3.8) is 0 Å². The normalized spacial score (nSPS) is 32.1. The molecule has 0 amide bonds. The summed E-state index contributed by atoms with van der Waals surface area (Å²) in [7, 11) is 2.19. The molecule has 2 saturated heterocycles. The minimum absolute atomic E-state index is 0.340. The van der Waals surface area contributed by atoms with Gasteiger partial charge in [0.2, 0.25) is 0 Å². The standard InChI is InChI=1S/C8H15NO/c1-9-5-2-8(3-6-9)4-7-10-8/h2-7H2,1H3. The Bertz CT molecular complexity index is 121. The first-order valence-electron chi connectivity index (χ1n) is 4.13. The minimum Gasteiger partial charge on any atom is -0.375 e. The summed E-state index contributed by atoms with van der Waals surface area (Å²) in [5.41, 5.74) is 0.340. The molecule has 10 heavy (non-hydrogen) atoms. The van der Waals surface area contributed by atoms with Crippen LogP contribution in [0.15, 0.2) is 0 Å². The molecule has 0 bridgehead atoms. The van der Waals surface area contributed by atoms with Crippen LogP contribution in [0.3, 0.4) is 0 Å². The van der Waals surface area contributed by atoms with Crippen LogP contribution in [0.5, 0.6) is 0 Å². The van der Waals surface area contributed by atoms with Crippen LogP contribution in [-0.4, -0.2) is 37.2 Å². The monoisotopic (exact) mass is 141 g/mol. The molecule has 1 spiro atoms. The van der Waals surface area contributed by atoms with Crippen molar-refractivity contribution in [1.29, 1.82) is 0 Å². The Morgan fingerprint density at radius 3 is 2.20 bits per heavy atom. The van der Waals surface area contributed by atoms with Crippen LogP contribution in [0.2, 0.25) is 0 Å². The third-order valence-corrected chi connectivity index (χ3v) is 2.86. The van der Waals surface area contributed by atoms with Crippen LogP contribution in [0, 0.1) is 0 Å². The average Bonchev–Trinajstić information content (AvgIpc) is 1.86. The molecule has 0 aromatic heterocycles. The van der Waals surface area contributed by atoms with Crippen molar-refractivity contribution in [1.82, 2.24) is 4.90 Å². The molecule has 0 unspecified atom stereocenters. The number of ether oxygens (including phenoxy) is 1. The molecule has 2 aliphatic rings. The van der Waals surface area contributed by atoms with Gasteiger partial charge in [0.15, 0.2) is 0 Å². The lowest BCUT2D eigenvalue weighted by Gasteiger charge is -2.46. The van der Waals surface area contributed by atoms with Crippen LogP contribution >= 0.6 is 0 Å². The van der Waals surface area contributed by atoms with E-state index in [1.165, 1.54) is 32.4 Å². The first kappa shape index (κ1) is 6.62. The van der Waals surface area contributed by atoms with Gasteiger partial charge in [0, 0.05) is 13.1 Å². The molecule has 2 aliphatic heterocycles. The predicted molar refractivity (Wildman–Crippen MR) is 40.0 cm³/mol. The van der Waals surface area contributed by atoms with Gasteiger partial charge in [-0.05, 0) is 26.3 Å². The van der Waals surface area contributed by atoms with E-state index in [2.05, 4.69) is 11.9 Å². The van der Waals surface area contributed by atoms with Crippen molar-refractivity contribution in [2.75, 3.05) is 26.7 Å². The molecule has 2 heterocycles. The van der Waals surface area contributed by atoms with E-state index in [0.717, 1.165) is 6.61 Å². The van der Waals surface area contributed by atoms with Crippen molar-refractivity contribution in [3.05, 3.63) is 0 Å². The van der Waals surface area contributed by atoms with E-state index in [4.69, 9.17) is 4.74 Å². The van der Waals surface area contributed by atoms with E-state index >= 15 is 0 Å². The molecule has 58 valence electrons. The first-order valence-corrected chi connectivity index (χ1v) is 4.13. The smallest absolute Gasteiger partial charge is 0.0728 e. The van der Waals surface area contributed by atoms with E-state index in [1.54, 1.807) is 0 Å². The van der Waals surface area contributed by atoms with Gasteiger partial charge < -0.3 is 9.64 Å². The summed E-state index contributed by atoms with van der Waals surface area (Å²) in [6.45, 7) is 3.45. The summed E-state index contributed by atoms with van der Waals surface area (Å²) in [4.78, 5) is 2.38. The largest absolute Gasteiger partial charge is 0.375 e. The lowest BCUT2D eigenvalue weighted by molar-refractivity contribution is -0.171. The number of hydrogen-bond donors (Lipinski definition) is 0. The van der Waals surface area contributed by atoms with Gasteiger partial charge in [0.05, 0.1) is 12.2 Å². The molecule has 0 aromatic rings. The molecule has 0 aliphatic carbocycles. The first-order chi connectivity index (χ1) is 4.81. The number of hydrogen-bond acceptors (Lipinski definition) is 2. The molecule has 0 saturated carbocycles. The lowest BCUT2D eigenvalue weighted by atomic mass is 9.85. The Labute approximate surface area is 62.2 Å². The maximum absolute atomic E-state index is 5.58. The van der Waals surface area contributed by atoms with Crippen molar-refractivity contribution in [2.45, 2.75) is 24.9 Å². The Morgan fingerprint density at radius 1 is 1.20 bits per heavy atom. The topological polar surface area (TPSA) is 12.5 Å². The second kappa shape index (κ2) is 2.21. The van der Waals surface area contributed by atoms with Crippen LogP contribution in [0.4, 0.5) is 0 Å². The van der Waals surface area contributed by atoms with Crippen molar-refractivity contribution in [2.24, 2.45) is 0 Å². The van der Waals surface area contributed by atoms with Crippen LogP contribution in [0.1, 0.15) is 19.3 Å². The van der Waals surface area contributed by atoms with Crippen LogP contribution in [0.25, 0.3) is 0 Å². The van der Waals surface area contributed by atoms with Crippen molar-refractivity contribution < 1.29 is 4.74 Å². The van der Waals surface area contributed by atoms with Crippen LogP contribution in [-0.2, 0) is 4.74 Å². The van der Waals surface area contributed by atoms with Gasteiger partial charge in [-0.15, -0.1) is 0 Å². The summed E-state index contributed by atoms with van der Waals surface area (Å²) in [6.07, 6.45) is 3.81. The van der Waals surface area contributed by atoms with Gasteiger partial charge in [-0.1, -0.05) is 0 Å². The molecule has 2 fully saturated rings. The summed E-state index contributed by atoms with van der Waals surface area (Å²) < 4.78 is 5.58. The predicted octanol–water partition coefficient (Wildman–Crippen LogP) is 0.871. The van der Waals surface area contributed by atoms with E-state index < -0.39 is 0 Å². The maximum atomic E-state index is 5.58. The van der Waals surface area contributed by atoms with Gasteiger partial charge in [0.1, 0.15) is 0 Å². The van der Waals surface area contributed by atoms with E-state index in [1.807, 2.05) is 0 Å². The van der Waals surface area contributed by atoms with Crippen molar-refractivity contribution >= 4 is 0 Å². The molecule has 0 N–H and O–H groups in total. The second-order valence-corrected chi connectivity index (χ2v) is 3.58. The fourth-order valence-corrected chi connectivity index (χ4v) is 1.81. The zero-order chi connectivity index (χ0) is 7.03. The molecule has 2 rings (SSSR count). The lowest BCUT2D eigenvalue weighted by Crippen LogP contribution is -2.51. The zero-order valence-electron chi connectivity index (χ0n) is 6.60. The third kappa shape index (κ3) is 0.956. The summed E-state index contributed by atoms with van der Waals surface area (Å²) in [5.74, 6) is 0. The molecule has 0 atom stereocenters. The summed E-state index contributed by atoms with van der Waals surface area (Å²) in [6, 6.07) is 0. The summed E-state index contributed by atoms with van der Waals surface area (Å²) in [5, 5.41) is 0. The van der Waals surface area contributed by atoms with Crippen LogP contribution < -0.4 is 0 Å². The fourth-order valence-electron chi connectivity index (χ4n) is 1.81.